The fourth-order valence-electron chi connectivity index (χ4n) is 3.65. The second-order valence-corrected chi connectivity index (χ2v) is 10.5. The molecule has 3 aromatic carbocycles. The standard InChI is InChI=1S/C25H20FN5O3S2/c1-31-21(11-12-29-31)19-13-17(16-5-3-2-4-6-16)7-9-22(19)34-23-10-8-18(14-20(23)27)36(32,33)30-25-28-15-24(26)35-25/h2-15H,27H2,1H3,(H,28,30). The summed E-state index contributed by atoms with van der Waals surface area (Å²) >= 11 is 0.588. The lowest BCUT2D eigenvalue weighted by atomic mass is 10.0. The quantitative estimate of drug-likeness (QED) is 0.273. The van der Waals surface area contributed by atoms with Crippen molar-refractivity contribution in [2.75, 3.05) is 10.5 Å². The molecule has 3 N–H and O–H groups in total. The van der Waals surface area contributed by atoms with Crippen molar-refractivity contribution in [3.63, 3.8) is 0 Å². The van der Waals surface area contributed by atoms with Gasteiger partial charge in [-0.25, -0.2) is 13.4 Å². The number of ether oxygens (including phenoxy) is 1. The van der Waals surface area contributed by atoms with Gasteiger partial charge in [0.2, 0.25) is 0 Å². The molecule has 36 heavy (non-hydrogen) atoms. The maximum atomic E-state index is 13.2. The van der Waals surface area contributed by atoms with E-state index in [4.69, 9.17) is 10.5 Å². The molecule has 0 amide bonds. The highest BCUT2D eigenvalue weighted by atomic mass is 32.2. The number of anilines is 2. The van der Waals surface area contributed by atoms with E-state index < -0.39 is 15.2 Å². The second-order valence-electron chi connectivity index (χ2n) is 7.79. The van der Waals surface area contributed by atoms with Gasteiger partial charge in [0, 0.05) is 18.8 Å². The van der Waals surface area contributed by atoms with Crippen molar-refractivity contribution in [3.05, 3.63) is 90.3 Å². The molecule has 8 nitrogen and oxygen atoms in total. The van der Waals surface area contributed by atoms with E-state index >= 15 is 0 Å². The van der Waals surface area contributed by atoms with Crippen molar-refractivity contribution in [2.45, 2.75) is 4.90 Å². The maximum Gasteiger partial charge on any atom is 0.263 e. The largest absolute Gasteiger partial charge is 0.454 e. The van der Waals surface area contributed by atoms with Crippen LogP contribution in [0.2, 0.25) is 0 Å². The summed E-state index contributed by atoms with van der Waals surface area (Å²) in [6, 6.07) is 21.7. The van der Waals surface area contributed by atoms with Gasteiger partial charge in [0.1, 0.15) is 11.5 Å². The fourth-order valence-corrected chi connectivity index (χ4v) is 5.47. The third kappa shape index (κ3) is 4.79. The van der Waals surface area contributed by atoms with Crippen LogP contribution in [0, 0.1) is 5.13 Å². The highest BCUT2D eigenvalue weighted by Crippen LogP contribution is 2.38. The van der Waals surface area contributed by atoms with Crippen molar-refractivity contribution in [3.8, 4) is 33.9 Å². The van der Waals surface area contributed by atoms with Gasteiger partial charge in [-0.15, -0.1) is 0 Å². The van der Waals surface area contributed by atoms with Crippen LogP contribution in [0.4, 0.5) is 15.2 Å². The molecule has 5 aromatic rings. The summed E-state index contributed by atoms with van der Waals surface area (Å²) in [6.45, 7) is 0. The van der Waals surface area contributed by atoms with Crippen LogP contribution in [0.3, 0.4) is 0 Å². The van der Waals surface area contributed by atoms with Crippen molar-refractivity contribution < 1.29 is 17.5 Å². The first-order valence-electron chi connectivity index (χ1n) is 10.7. The summed E-state index contributed by atoms with van der Waals surface area (Å²) in [7, 11) is -2.18. The van der Waals surface area contributed by atoms with Crippen molar-refractivity contribution >= 4 is 32.2 Å². The number of hydrogen-bond acceptors (Lipinski definition) is 7. The van der Waals surface area contributed by atoms with Crippen LogP contribution in [0.1, 0.15) is 0 Å². The molecule has 0 aliphatic carbocycles. The molecule has 11 heteroatoms. The summed E-state index contributed by atoms with van der Waals surface area (Å²) < 4.78 is 48.7. The lowest BCUT2D eigenvalue weighted by Gasteiger charge is -2.15. The third-order valence-corrected chi connectivity index (χ3v) is 7.56. The van der Waals surface area contributed by atoms with Gasteiger partial charge in [-0.2, -0.15) is 9.49 Å². The number of nitrogens with one attached hydrogen (secondary N) is 1. The van der Waals surface area contributed by atoms with Crippen LogP contribution in [0.25, 0.3) is 22.4 Å². The number of nitrogens with two attached hydrogens (primary N) is 1. The highest BCUT2D eigenvalue weighted by Gasteiger charge is 2.19. The van der Waals surface area contributed by atoms with Gasteiger partial charge in [-0.1, -0.05) is 47.7 Å². The fraction of sp³-hybridized carbons (Fsp3) is 0.0400. The van der Waals surface area contributed by atoms with E-state index in [2.05, 4.69) is 14.8 Å². The van der Waals surface area contributed by atoms with Crippen molar-refractivity contribution in [2.24, 2.45) is 7.05 Å². The zero-order valence-electron chi connectivity index (χ0n) is 18.9. The van der Waals surface area contributed by atoms with Crippen molar-refractivity contribution in [1.29, 1.82) is 0 Å². The molecular formula is C25H20FN5O3S2. The Labute approximate surface area is 210 Å². The molecule has 0 saturated carbocycles. The molecule has 0 bridgehead atoms. The topological polar surface area (TPSA) is 112 Å². The number of aromatic nitrogens is 3. The second kappa shape index (κ2) is 9.44. The Bertz CT molecular complexity index is 1650. The average Bonchev–Trinajstić information content (AvgIpc) is 3.48. The molecule has 2 heterocycles. The Kier molecular flexibility index (Phi) is 6.17. The van der Waals surface area contributed by atoms with Crippen LogP contribution in [-0.2, 0) is 17.1 Å². The Morgan fingerprint density at radius 3 is 2.44 bits per heavy atom. The predicted molar refractivity (Wildman–Crippen MR) is 138 cm³/mol. The van der Waals surface area contributed by atoms with Crippen LogP contribution < -0.4 is 15.2 Å². The minimum Gasteiger partial charge on any atom is -0.454 e. The monoisotopic (exact) mass is 521 g/mol. The summed E-state index contributed by atoms with van der Waals surface area (Å²) in [4.78, 5) is 3.58. The smallest absolute Gasteiger partial charge is 0.263 e. The van der Waals surface area contributed by atoms with Crippen LogP contribution in [0.5, 0.6) is 11.5 Å². The number of rotatable bonds is 7. The molecule has 182 valence electrons. The van der Waals surface area contributed by atoms with Gasteiger partial charge in [0.05, 0.1) is 22.5 Å². The molecule has 0 spiro atoms. The molecule has 5 rings (SSSR count). The Balaban J connectivity index is 1.48. The molecule has 0 radical (unpaired) electrons. The number of thiazole rings is 1. The lowest BCUT2D eigenvalue weighted by molar-refractivity contribution is 0.486. The third-order valence-electron chi connectivity index (χ3n) is 5.39. The molecular weight excluding hydrogens is 501 g/mol. The first-order chi connectivity index (χ1) is 17.3. The molecule has 0 aliphatic rings. The van der Waals surface area contributed by atoms with E-state index in [1.165, 1.54) is 18.2 Å². The van der Waals surface area contributed by atoms with E-state index in [0.29, 0.717) is 17.1 Å². The number of hydrogen-bond donors (Lipinski definition) is 2. The normalized spacial score (nSPS) is 11.4. The molecule has 0 aliphatic heterocycles. The van der Waals surface area contributed by atoms with Gasteiger partial charge in [-0.05, 0) is 47.5 Å². The van der Waals surface area contributed by atoms with Gasteiger partial charge in [-0.3, -0.25) is 9.40 Å². The minimum absolute atomic E-state index is 0.0780. The zero-order chi connectivity index (χ0) is 25.3. The Morgan fingerprint density at radius 2 is 1.78 bits per heavy atom. The Hall–Kier alpha value is -4.22. The first-order valence-corrected chi connectivity index (χ1v) is 13.0. The lowest BCUT2D eigenvalue weighted by Crippen LogP contribution is -2.13. The van der Waals surface area contributed by atoms with E-state index in [1.54, 1.807) is 10.9 Å². The number of sulfonamides is 1. The molecule has 0 fully saturated rings. The van der Waals surface area contributed by atoms with Gasteiger partial charge in [0.25, 0.3) is 10.0 Å². The van der Waals surface area contributed by atoms with Gasteiger partial charge < -0.3 is 10.5 Å². The summed E-state index contributed by atoms with van der Waals surface area (Å²) in [5.74, 6) is 0.807. The van der Waals surface area contributed by atoms with Gasteiger partial charge >= 0.3 is 0 Å². The van der Waals surface area contributed by atoms with E-state index in [0.717, 1.165) is 28.6 Å². The maximum absolute atomic E-state index is 13.2. The molecule has 0 atom stereocenters. The van der Waals surface area contributed by atoms with Crippen LogP contribution in [0.15, 0.2) is 90.1 Å². The Morgan fingerprint density at radius 1 is 1.00 bits per heavy atom. The van der Waals surface area contributed by atoms with Crippen LogP contribution in [-0.4, -0.2) is 23.2 Å². The predicted octanol–water partition coefficient (Wildman–Crippen LogP) is 5.53. The molecule has 0 saturated heterocycles. The number of aryl methyl sites for hydroxylation is 1. The summed E-state index contributed by atoms with van der Waals surface area (Å²) in [5, 5.41) is 3.59. The summed E-state index contributed by atoms with van der Waals surface area (Å²) in [5.41, 5.74) is 9.97. The average molecular weight is 522 g/mol. The number of benzene rings is 3. The minimum atomic E-state index is -4.01. The van der Waals surface area contributed by atoms with Gasteiger partial charge in [0.15, 0.2) is 10.3 Å². The number of halogens is 1. The number of nitrogens with zero attached hydrogens (tertiary/aromatic N) is 3. The molecule has 2 aromatic heterocycles. The molecule has 0 unspecified atom stereocenters. The van der Waals surface area contributed by atoms with E-state index in [1.807, 2.05) is 61.6 Å². The van der Waals surface area contributed by atoms with E-state index in [9.17, 15) is 12.8 Å². The highest BCUT2D eigenvalue weighted by molar-refractivity contribution is 7.93. The van der Waals surface area contributed by atoms with E-state index in [-0.39, 0.29) is 21.5 Å². The van der Waals surface area contributed by atoms with Crippen LogP contribution >= 0.6 is 11.3 Å². The van der Waals surface area contributed by atoms with Crippen molar-refractivity contribution in [1.82, 2.24) is 14.8 Å². The number of nitrogen functional groups attached to an aromatic ring is 1. The first kappa shape index (κ1) is 23.5. The summed E-state index contributed by atoms with van der Waals surface area (Å²) in [6.07, 6.45) is 2.64. The SMILES string of the molecule is Cn1nccc1-c1cc(-c2ccccc2)ccc1Oc1ccc(S(=O)(=O)Nc2ncc(F)s2)cc1N. The zero-order valence-corrected chi connectivity index (χ0v) is 20.6.